The predicted octanol–water partition coefficient (Wildman–Crippen LogP) is 2.45. The average molecular weight is 379 g/mol. The van der Waals surface area contributed by atoms with Gasteiger partial charge in [0.2, 0.25) is 0 Å². The number of benzene rings is 1. The lowest BCUT2D eigenvalue weighted by molar-refractivity contribution is 0.588. The molecule has 0 bridgehead atoms. The number of nitrogens with zero attached hydrogens (tertiary/aromatic N) is 4. The second-order valence-corrected chi connectivity index (χ2v) is 7.85. The van der Waals surface area contributed by atoms with E-state index in [1.807, 2.05) is 25.2 Å². The molecule has 0 amide bonds. The standard InChI is InChI=1S/C19H17N5O2S/c1-20-8-16-12-24(27(25,26)17-3-2-6-21-11-17)19-7-14(4-5-18(16)19)15-9-22-13-23-10-15/h2-7,9-13,20H,8H2,1H3. The van der Waals surface area contributed by atoms with Gasteiger partial charge in [0.05, 0.1) is 5.52 Å². The molecule has 7 nitrogen and oxygen atoms in total. The van der Waals surface area contributed by atoms with Crippen LogP contribution < -0.4 is 5.32 Å². The molecule has 0 spiro atoms. The van der Waals surface area contributed by atoms with Crippen LogP contribution in [0.15, 0.2) is 72.5 Å². The Labute approximate surface area is 156 Å². The Morgan fingerprint density at radius 3 is 2.56 bits per heavy atom. The molecule has 0 aliphatic heterocycles. The zero-order valence-electron chi connectivity index (χ0n) is 14.6. The van der Waals surface area contributed by atoms with E-state index in [1.165, 1.54) is 16.5 Å². The fourth-order valence-electron chi connectivity index (χ4n) is 3.04. The van der Waals surface area contributed by atoms with Crippen molar-refractivity contribution in [1.82, 2.24) is 24.2 Å². The third kappa shape index (κ3) is 3.09. The van der Waals surface area contributed by atoms with Crippen molar-refractivity contribution in [1.29, 1.82) is 0 Å². The van der Waals surface area contributed by atoms with Crippen molar-refractivity contribution in [2.24, 2.45) is 0 Å². The maximum atomic E-state index is 13.2. The van der Waals surface area contributed by atoms with E-state index in [4.69, 9.17) is 0 Å². The zero-order chi connectivity index (χ0) is 18.9. The zero-order valence-corrected chi connectivity index (χ0v) is 15.4. The number of fused-ring (bicyclic) bond motifs is 1. The van der Waals surface area contributed by atoms with Crippen LogP contribution in [0.25, 0.3) is 22.0 Å². The van der Waals surface area contributed by atoms with Crippen LogP contribution in [0.2, 0.25) is 0 Å². The highest BCUT2D eigenvalue weighted by molar-refractivity contribution is 7.90. The van der Waals surface area contributed by atoms with E-state index >= 15 is 0 Å². The quantitative estimate of drug-likeness (QED) is 0.573. The second-order valence-electron chi connectivity index (χ2n) is 6.03. The summed E-state index contributed by atoms with van der Waals surface area (Å²) in [6.07, 6.45) is 9.43. The first kappa shape index (κ1) is 17.3. The summed E-state index contributed by atoms with van der Waals surface area (Å²) in [5.74, 6) is 0. The van der Waals surface area contributed by atoms with Crippen LogP contribution in [0.4, 0.5) is 0 Å². The van der Waals surface area contributed by atoms with Gasteiger partial charge in [-0.2, -0.15) is 0 Å². The average Bonchev–Trinajstić information content (AvgIpc) is 3.08. The summed E-state index contributed by atoms with van der Waals surface area (Å²) in [5, 5.41) is 3.96. The molecule has 4 rings (SSSR count). The second kappa shape index (κ2) is 6.90. The molecule has 4 aromatic rings. The Morgan fingerprint density at radius 1 is 1.04 bits per heavy atom. The molecule has 1 N–H and O–H groups in total. The van der Waals surface area contributed by atoms with Gasteiger partial charge in [-0.1, -0.05) is 12.1 Å². The molecule has 8 heteroatoms. The van der Waals surface area contributed by atoms with E-state index in [-0.39, 0.29) is 4.90 Å². The highest BCUT2D eigenvalue weighted by Gasteiger charge is 2.21. The first-order chi connectivity index (χ1) is 13.1. The highest BCUT2D eigenvalue weighted by Crippen LogP contribution is 2.30. The molecular weight excluding hydrogens is 362 g/mol. The largest absolute Gasteiger partial charge is 0.316 e. The third-order valence-electron chi connectivity index (χ3n) is 4.31. The monoisotopic (exact) mass is 379 g/mol. The third-order valence-corrected chi connectivity index (χ3v) is 5.96. The molecule has 0 aliphatic rings. The van der Waals surface area contributed by atoms with Gasteiger partial charge in [-0.3, -0.25) is 4.98 Å². The van der Waals surface area contributed by atoms with Crippen LogP contribution in [0.5, 0.6) is 0 Å². The van der Waals surface area contributed by atoms with Crippen molar-refractivity contribution in [3.05, 3.63) is 73.2 Å². The molecule has 3 aromatic heterocycles. The molecular formula is C19H17N5O2S. The number of hydrogen-bond acceptors (Lipinski definition) is 6. The molecule has 3 heterocycles. The van der Waals surface area contributed by atoms with Gasteiger partial charge in [0, 0.05) is 48.5 Å². The summed E-state index contributed by atoms with van der Waals surface area (Å²) in [6, 6.07) is 8.88. The molecule has 27 heavy (non-hydrogen) atoms. The molecule has 0 saturated heterocycles. The maximum Gasteiger partial charge on any atom is 0.269 e. The Hall–Kier alpha value is -3.10. The number of nitrogens with one attached hydrogen (secondary N) is 1. The summed E-state index contributed by atoms with van der Waals surface area (Å²) in [7, 11) is -1.94. The van der Waals surface area contributed by atoms with Gasteiger partial charge in [-0.05, 0) is 36.4 Å². The van der Waals surface area contributed by atoms with Crippen molar-refractivity contribution in [2.75, 3.05) is 7.05 Å². The lowest BCUT2D eigenvalue weighted by Gasteiger charge is -2.08. The lowest BCUT2D eigenvalue weighted by Crippen LogP contribution is -2.12. The Bertz CT molecular complexity index is 1190. The number of hydrogen-bond donors (Lipinski definition) is 1. The Balaban J connectivity index is 1.96. The van der Waals surface area contributed by atoms with Crippen LogP contribution in [0, 0.1) is 0 Å². The molecule has 0 fully saturated rings. The first-order valence-electron chi connectivity index (χ1n) is 8.31. The van der Waals surface area contributed by atoms with Crippen LogP contribution in [0.3, 0.4) is 0 Å². The van der Waals surface area contributed by atoms with Crippen molar-refractivity contribution in [3.63, 3.8) is 0 Å². The van der Waals surface area contributed by atoms with Gasteiger partial charge < -0.3 is 5.32 Å². The van der Waals surface area contributed by atoms with E-state index in [2.05, 4.69) is 20.3 Å². The van der Waals surface area contributed by atoms with Gasteiger partial charge in [-0.15, -0.1) is 0 Å². The molecule has 0 radical (unpaired) electrons. The van der Waals surface area contributed by atoms with Gasteiger partial charge in [-0.25, -0.2) is 22.4 Å². The predicted molar refractivity (Wildman–Crippen MR) is 103 cm³/mol. The molecule has 136 valence electrons. The SMILES string of the molecule is CNCc1cn(S(=O)(=O)c2cccnc2)c2cc(-c3cncnc3)ccc12. The fraction of sp³-hybridized carbons (Fsp3) is 0.105. The summed E-state index contributed by atoms with van der Waals surface area (Å²) in [5.41, 5.74) is 3.17. The summed E-state index contributed by atoms with van der Waals surface area (Å²) in [4.78, 5) is 12.2. The van der Waals surface area contributed by atoms with E-state index in [0.717, 1.165) is 22.1 Å². The number of pyridine rings is 1. The smallest absolute Gasteiger partial charge is 0.269 e. The van der Waals surface area contributed by atoms with Crippen LogP contribution in [-0.2, 0) is 16.6 Å². The maximum absolute atomic E-state index is 13.2. The normalized spacial score (nSPS) is 11.7. The molecule has 0 aliphatic carbocycles. The molecule has 0 unspecified atom stereocenters. The first-order valence-corrected chi connectivity index (χ1v) is 9.75. The van der Waals surface area contributed by atoms with Gasteiger partial charge in [0.25, 0.3) is 10.0 Å². The molecule has 0 saturated carbocycles. The van der Waals surface area contributed by atoms with Crippen molar-refractivity contribution in [3.8, 4) is 11.1 Å². The highest BCUT2D eigenvalue weighted by atomic mass is 32.2. The number of aromatic nitrogens is 4. The topological polar surface area (TPSA) is 89.8 Å². The summed E-state index contributed by atoms with van der Waals surface area (Å²) < 4.78 is 27.7. The van der Waals surface area contributed by atoms with E-state index in [0.29, 0.717) is 12.1 Å². The van der Waals surface area contributed by atoms with Crippen LogP contribution in [-0.4, -0.2) is 34.4 Å². The lowest BCUT2D eigenvalue weighted by atomic mass is 10.1. The number of rotatable bonds is 5. The van der Waals surface area contributed by atoms with E-state index in [9.17, 15) is 8.42 Å². The van der Waals surface area contributed by atoms with Gasteiger partial charge in [0.1, 0.15) is 11.2 Å². The molecule has 1 aromatic carbocycles. The minimum Gasteiger partial charge on any atom is -0.316 e. The Kier molecular flexibility index (Phi) is 4.43. The van der Waals surface area contributed by atoms with Gasteiger partial charge >= 0.3 is 0 Å². The summed E-state index contributed by atoms with van der Waals surface area (Å²) in [6.45, 7) is 0.555. The minimum atomic E-state index is -3.77. The van der Waals surface area contributed by atoms with Crippen molar-refractivity contribution in [2.45, 2.75) is 11.4 Å². The fourth-order valence-corrected chi connectivity index (χ4v) is 4.39. The van der Waals surface area contributed by atoms with E-state index < -0.39 is 10.0 Å². The van der Waals surface area contributed by atoms with Crippen LogP contribution >= 0.6 is 0 Å². The minimum absolute atomic E-state index is 0.145. The summed E-state index contributed by atoms with van der Waals surface area (Å²) >= 11 is 0. The van der Waals surface area contributed by atoms with Crippen LogP contribution in [0.1, 0.15) is 5.56 Å². The van der Waals surface area contributed by atoms with E-state index in [1.54, 1.807) is 36.9 Å². The molecule has 0 atom stereocenters. The van der Waals surface area contributed by atoms with Gasteiger partial charge in [0.15, 0.2) is 0 Å². The van der Waals surface area contributed by atoms with Crippen molar-refractivity contribution < 1.29 is 8.42 Å². The Morgan fingerprint density at radius 2 is 1.85 bits per heavy atom. The van der Waals surface area contributed by atoms with Crippen molar-refractivity contribution >= 4 is 20.9 Å².